The highest BCUT2D eigenvalue weighted by atomic mass is 79.9. The van der Waals surface area contributed by atoms with Crippen LogP contribution in [-0.2, 0) is 11.3 Å². The number of nitrogens with one attached hydrogen (secondary N) is 1. The predicted octanol–water partition coefficient (Wildman–Crippen LogP) is 2.69. The van der Waals surface area contributed by atoms with E-state index in [1.165, 1.54) is 0 Å². The Kier molecular flexibility index (Phi) is 4.31. The van der Waals surface area contributed by atoms with Crippen LogP contribution in [0.25, 0.3) is 0 Å². The summed E-state index contributed by atoms with van der Waals surface area (Å²) in [5, 5.41) is 10.5. The fourth-order valence-electron chi connectivity index (χ4n) is 1.88. The molecule has 0 aliphatic rings. The topological polar surface area (TPSA) is 59.8 Å². The van der Waals surface area contributed by atoms with Gasteiger partial charge < -0.3 is 5.32 Å². The van der Waals surface area contributed by atoms with Crippen molar-refractivity contribution < 1.29 is 4.79 Å². The highest BCUT2D eigenvalue weighted by molar-refractivity contribution is 9.10. The molecule has 2 rings (SSSR count). The average molecular weight is 323 g/mol. The van der Waals surface area contributed by atoms with E-state index in [0.717, 1.165) is 21.3 Å². The van der Waals surface area contributed by atoms with Crippen LogP contribution in [0.2, 0.25) is 0 Å². The molecule has 1 aromatic carbocycles. The van der Waals surface area contributed by atoms with E-state index in [4.69, 9.17) is 0 Å². The van der Waals surface area contributed by atoms with Crippen LogP contribution in [-0.4, -0.2) is 20.9 Å². The fraction of sp³-hybridized carbons (Fsp3) is 0.308. The lowest BCUT2D eigenvalue weighted by Gasteiger charge is -2.12. The van der Waals surface area contributed by atoms with Gasteiger partial charge in [0.05, 0.1) is 12.7 Å². The van der Waals surface area contributed by atoms with Crippen molar-refractivity contribution in [2.24, 2.45) is 0 Å². The summed E-state index contributed by atoms with van der Waals surface area (Å²) in [4.78, 5) is 11.9. The average Bonchev–Trinajstić information content (AvgIpc) is 2.84. The zero-order chi connectivity index (χ0) is 13.8. The standard InChI is InChI=1S/C13H15BrN4O/c1-9-7-11(14)8-10(2)13(9)16-12(19)3-5-18-6-4-15-17-18/h4,6-8H,3,5H2,1-2H3,(H,16,19). The van der Waals surface area contributed by atoms with Crippen LogP contribution in [0.15, 0.2) is 29.0 Å². The van der Waals surface area contributed by atoms with Gasteiger partial charge in [-0.2, -0.15) is 0 Å². The maximum absolute atomic E-state index is 11.9. The third-order valence-electron chi connectivity index (χ3n) is 2.80. The van der Waals surface area contributed by atoms with Crippen LogP contribution < -0.4 is 5.32 Å². The van der Waals surface area contributed by atoms with E-state index in [9.17, 15) is 4.79 Å². The minimum Gasteiger partial charge on any atom is -0.326 e. The summed E-state index contributed by atoms with van der Waals surface area (Å²) in [6.45, 7) is 4.48. The number of amides is 1. The number of benzene rings is 1. The minimum atomic E-state index is -0.0241. The molecule has 1 N–H and O–H groups in total. The highest BCUT2D eigenvalue weighted by Gasteiger charge is 2.08. The molecule has 100 valence electrons. The molecule has 0 unspecified atom stereocenters. The van der Waals surface area contributed by atoms with Crippen molar-refractivity contribution >= 4 is 27.5 Å². The van der Waals surface area contributed by atoms with Crippen LogP contribution >= 0.6 is 15.9 Å². The van der Waals surface area contributed by atoms with Gasteiger partial charge in [-0.1, -0.05) is 21.1 Å². The zero-order valence-corrected chi connectivity index (χ0v) is 12.4. The Labute approximate surface area is 120 Å². The predicted molar refractivity (Wildman–Crippen MR) is 76.9 cm³/mol. The van der Waals surface area contributed by atoms with Gasteiger partial charge in [-0.15, -0.1) is 5.10 Å². The van der Waals surface area contributed by atoms with Gasteiger partial charge in [-0.25, -0.2) is 0 Å². The van der Waals surface area contributed by atoms with Crippen molar-refractivity contribution in [3.05, 3.63) is 40.1 Å². The molecule has 0 aliphatic heterocycles. The van der Waals surface area contributed by atoms with Gasteiger partial charge >= 0.3 is 0 Å². The van der Waals surface area contributed by atoms with Crippen LogP contribution in [0.1, 0.15) is 17.5 Å². The molecule has 1 aromatic heterocycles. The molecule has 1 heterocycles. The first-order chi connectivity index (χ1) is 9.06. The first kappa shape index (κ1) is 13.7. The van der Waals surface area contributed by atoms with Gasteiger partial charge in [0.2, 0.25) is 5.91 Å². The van der Waals surface area contributed by atoms with Gasteiger partial charge in [0, 0.05) is 22.8 Å². The van der Waals surface area contributed by atoms with Gasteiger partial charge in [0.25, 0.3) is 0 Å². The Balaban J connectivity index is 1.99. The molecule has 0 radical (unpaired) electrons. The molecule has 0 saturated heterocycles. The Morgan fingerprint density at radius 3 is 2.63 bits per heavy atom. The Bertz CT molecular complexity index is 557. The SMILES string of the molecule is Cc1cc(Br)cc(C)c1NC(=O)CCn1ccnn1. The van der Waals surface area contributed by atoms with Crippen molar-refractivity contribution in [1.82, 2.24) is 15.0 Å². The number of carbonyl (C=O) groups is 1. The molecule has 0 aliphatic carbocycles. The van der Waals surface area contributed by atoms with E-state index in [0.29, 0.717) is 13.0 Å². The zero-order valence-electron chi connectivity index (χ0n) is 10.9. The van der Waals surface area contributed by atoms with Crippen molar-refractivity contribution in [2.45, 2.75) is 26.8 Å². The van der Waals surface area contributed by atoms with Crippen LogP contribution in [0.5, 0.6) is 0 Å². The van der Waals surface area contributed by atoms with Crippen molar-refractivity contribution in [3.63, 3.8) is 0 Å². The minimum absolute atomic E-state index is 0.0241. The van der Waals surface area contributed by atoms with Crippen molar-refractivity contribution in [2.75, 3.05) is 5.32 Å². The maximum Gasteiger partial charge on any atom is 0.226 e. The van der Waals surface area contributed by atoms with Crippen molar-refractivity contribution in [3.8, 4) is 0 Å². The number of aryl methyl sites for hydroxylation is 3. The molecule has 5 nitrogen and oxygen atoms in total. The van der Waals surface area contributed by atoms with E-state index in [1.807, 2.05) is 26.0 Å². The molecule has 0 fully saturated rings. The number of halogens is 1. The molecule has 2 aromatic rings. The second kappa shape index (κ2) is 5.97. The molecular formula is C13H15BrN4O. The Hall–Kier alpha value is -1.69. The third-order valence-corrected chi connectivity index (χ3v) is 3.26. The first-order valence-corrected chi connectivity index (χ1v) is 6.76. The van der Waals surface area contributed by atoms with Crippen LogP contribution in [0.3, 0.4) is 0 Å². The van der Waals surface area contributed by atoms with Gasteiger partial charge in [-0.05, 0) is 37.1 Å². The Morgan fingerprint density at radius 2 is 2.05 bits per heavy atom. The summed E-state index contributed by atoms with van der Waals surface area (Å²) in [7, 11) is 0. The molecule has 0 saturated carbocycles. The summed E-state index contributed by atoms with van der Waals surface area (Å²) in [6, 6.07) is 3.97. The number of hydrogen-bond donors (Lipinski definition) is 1. The van der Waals surface area contributed by atoms with Gasteiger partial charge in [0.1, 0.15) is 0 Å². The monoisotopic (exact) mass is 322 g/mol. The lowest BCUT2D eigenvalue weighted by atomic mass is 10.1. The fourth-order valence-corrected chi connectivity index (χ4v) is 2.56. The van der Waals surface area contributed by atoms with Crippen molar-refractivity contribution in [1.29, 1.82) is 0 Å². The van der Waals surface area contributed by atoms with E-state index in [1.54, 1.807) is 17.1 Å². The normalized spacial score (nSPS) is 10.5. The molecule has 0 spiro atoms. The number of nitrogens with zero attached hydrogens (tertiary/aromatic N) is 3. The number of rotatable bonds is 4. The lowest BCUT2D eigenvalue weighted by molar-refractivity contribution is -0.116. The summed E-state index contributed by atoms with van der Waals surface area (Å²) in [5.41, 5.74) is 2.97. The lowest BCUT2D eigenvalue weighted by Crippen LogP contribution is -2.16. The highest BCUT2D eigenvalue weighted by Crippen LogP contribution is 2.25. The third kappa shape index (κ3) is 3.64. The molecule has 1 amide bonds. The van der Waals surface area contributed by atoms with E-state index in [2.05, 4.69) is 31.6 Å². The quantitative estimate of drug-likeness (QED) is 0.941. The summed E-state index contributed by atoms with van der Waals surface area (Å²) in [6.07, 6.45) is 3.71. The van der Waals surface area contributed by atoms with Gasteiger partial charge in [-0.3, -0.25) is 9.48 Å². The largest absolute Gasteiger partial charge is 0.326 e. The van der Waals surface area contributed by atoms with E-state index >= 15 is 0 Å². The first-order valence-electron chi connectivity index (χ1n) is 5.97. The molecule has 19 heavy (non-hydrogen) atoms. The molecular weight excluding hydrogens is 308 g/mol. The molecule has 6 heteroatoms. The van der Waals surface area contributed by atoms with E-state index < -0.39 is 0 Å². The smallest absolute Gasteiger partial charge is 0.226 e. The number of carbonyl (C=O) groups excluding carboxylic acids is 1. The summed E-state index contributed by atoms with van der Waals surface area (Å²) < 4.78 is 2.66. The van der Waals surface area contributed by atoms with E-state index in [-0.39, 0.29) is 5.91 Å². The second-order valence-electron chi connectivity index (χ2n) is 4.38. The van der Waals surface area contributed by atoms with Crippen LogP contribution in [0, 0.1) is 13.8 Å². The summed E-state index contributed by atoms with van der Waals surface area (Å²) in [5.74, 6) is -0.0241. The number of hydrogen-bond acceptors (Lipinski definition) is 3. The maximum atomic E-state index is 11.9. The molecule has 0 bridgehead atoms. The van der Waals surface area contributed by atoms with Crippen LogP contribution in [0.4, 0.5) is 5.69 Å². The summed E-state index contributed by atoms with van der Waals surface area (Å²) >= 11 is 3.44. The van der Waals surface area contributed by atoms with Gasteiger partial charge in [0.15, 0.2) is 0 Å². The Morgan fingerprint density at radius 1 is 1.37 bits per heavy atom. The molecule has 0 atom stereocenters. The number of aromatic nitrogens is 3. The number of anilines is 1. The second-order valence-corrected chi connectivity index (χ2v) is 5.29.